The number of anilines is 1. The molecule has 1 aromatic carbocycles. The van der Waals surface area contributed by atoms with Crippen LogP contribution >= 0.6 is 11.6 Å². The van der Waals surface area contributed by atoms with Crippen molar-refractivity contribution in [2.75, 3.05) is 31.9 Å². The highest BCUT2D eigenvalue weighted by molar-refractivity contribution is 6.34. The quantitative estimate of drug-likeness (QED) is 0.332. The van der Waals surface area contributed by atoms with Crippen LogP contribution in [0.25, 0.3) is 16.8 Å². The molecule has 0 radical (unpaired) electrons. The molecule has 0 bridgehead atoms. The number of rotatable bonds is 6. The van der Waals surface area contributed by atoms with Crippen LogP contribution in [-0.4, -0.2) is 86.7 Å². The smallest absolute Gasteiger partial charge is 0.382 e. The topological polar surface area (TPSA) is 109 Å². The zero-order chi connectivity index (χ0) is 33.7. The number of benzene rings is 1. The third-order valence-electron chi connectivity index (χ3n) is 9.56. The molecule has 0 unspecified atom stereocenters. The van der Waals surface area contributed by atoms with Gasteiger partial charge in [-0.2, -0.15) is 18.3 Å². The van der Waals surface area contributed by atoms with Gasteiger partial charge in [0, 0.05) is 37.4 Å². The summed E-state index contributed by atoms with van der Waals surface area (Å²) in [7, 11) is 0. The van der Waals surface area contributed by atoms with E-state index >= 15 is 4.39 Å². The van der Waals surface area contributed by atoms with E-state index in [0.29, 0.717) is 28.9 Å². The molecular formula is C31H34ClF6N7O2. The predicted molar refractivity (Wildman–Crippen MR) is 162 cm³/mol. The molecule has 2 atom stereocenters. The number of likely N-dealkylation sites (tertiary alicyclic amines) is 2. The van der Waals surface area contributed by atoms with Gasteiger partial charge < -0.3 is 16.0 Å². The van der Waals surface area contributed by atoms with Gasteiger partial charge >= 0.3 is 6.18 Å². The van der Waals surface area contributed by atoms with Crippen LogP contribution in [0.5, 0.6) is 0 Å². The van der Waals surface area contributed by atoms with Gasteiger partial charge in [0.2, 0.25) is 11.8 Å². The van der Waals surface area contributed by atoms with Gasteiger partial charge in [-0.15, -0.1) is 0 Å². The summed E-state index contributed by atoms with van der Waals surface area (Å²) in [4.78, 5) is 33.6. The maximum atomic E-state index is 15.0. The summed E-state index contributed by atoms with van der Waals surface area (Å²) < 4.78 is 83.3. The van der Waals surface area contributed by atoms with Crippen molar-refractivity contribution in [3.63, 3.8) is 0 Å². The van der Waals surface area contributed by atoms with Crippen LogP contribution in [0.4, 0.5) is 32.2 Å². The lowest BCUT2D eigenvalue weighted by atomic mass is 9.86. The summed E-state index contributed by atoms with van der Waals surface area (Å²) in [5, 5.41) is 7.06. The van der Waals surface area contributed by atoms with E-state index in [9.17, 15) is 31.5 Å². The van der Waals surface area contributed by atoms with Crippen molar-refractivity contribution in [2.24, 2.45) is 11.8 Å². The average Bonchev–Trinajstić information content (AvgIpc) is 3.57. The minimum Gasteiger partial charge on any atom is -0.382 e. The number of nitrogens with zero attached hydrogens (tertiary/aromatic N) is 5. The van der Waals surface area contributed by atoms with Crippen molar-refractivity contribution in [3.8, 4) is 11.3 Å². The summed E-state index contributed by atoms with van der Waals surface area (Å²) in [5.41, 5.74) is 8.48. The summed E-state index contributed by atoms with van der Waals surface area (Å²) in [6.07, 6.45) is -5.24. The Morgan fingerprint density at radius 1 is 1.06 bits per heavy atom. The van der Waals surface area contributed by atoms with E-state index in [4.69, 9.17) is 17.3 Å². The number of hydrogen-bond acceptors (Lipinski definition) is 6. The fourth-order valence-corrected chi connectivity index (χ4v) is 7.06. The van der Waals surface area contributed by atoms with E-state index in [0.717, 1.165) is 0 Å². The molecule has 0 spiro atoms. The fourth-order valence-electron chi connectivity index (χ4n) is 6.86. The van der Waals surface area contributed by atoms with Gasteiger partial charge in [0.1, 0.15) is 18.0 Å². The molecule has 254 valence electrons. The zero-order valence-corrected chi connectivity index (χ0v) is 26.0. The highest BCUT2D eigenvalue weighted by Gasteiger charge is 2.43. The van der Waals surface area contributed by atoms with Gasteiger partial charge in [-0.3, -0.25) is 14.5 Å². The number of hydrogen-bond donors (Lipinski definition) is 2. The number of aromatic nitrogens is 3. The Morgan fingerprint density at radius 2 is 1.77 bits per heavy atom. The lowest BCUT2D eigenvalue weighted by Crippen LogP contribution is -2.43. The van der Waals surface area contributed by atoms with Crippen molar-refractivity contribution in [3.05, 3.63) is 46.7 Å². The van der Waals surface area contributed by atoms with Gasteiger partial charge in [-0.25, -0.2) is 22.7 Å². The Morgan fingerprint density at radius 3 is 2.45 bits per heavy atom. The number of halogens is 7. The molecule has 4 heterocycles. The molecule has 3 fully saturated rings. The molecule has 3 aromatic rings. The highest BCUT2D eigenvalue weighted by atomic mass is 35.5. The van der Waals surface area contributed by atoms with E-state index in [2.05, 4.69) is 15.4 Å². The second kappa shape index (κ2) is 12.8. The van der Waals surface area contributed by atoms with Gasteiger partial charge in [0.05, 0.1) is 34.8 Å². The van der Waals surface area contributed by atoms with E-state index in [1.807, 2.05) is 4.90 Å². The van der Waals surface area contributed by atoms with Crippen LogP contribution in [0.15, 0.2) is 30.6 Å². The van der Waals surface area contributed by atoms with Crippen LogP contribution in [0.3, 0.4) is 0 Å². The molecule has 2 aliphatic heterocycles. The van der Waals surface area contributed by atoms with Crippen molar-refractivity contribution >= 4 is 34.7 Å². The second-order valence-electron chi connectivity index (χ2n) is 12.7. The zero-order valence-electron chi connectivity index (χ0n) is 25.2. The number of piperidine rings is 1. The van der Waals surface area contributed by atoms with Crippen LogP contribution in [0, 0.1) is 11.8 Å². The third kappa shape index (κ3) is 7.01. The Balaban J connectivity index is 1.18. The summed E-state index contributed by atoms with van der Waals surface area (Å²) in [6.45, 7) is 0.472. The minimum atomic E-state index is -4.23. The minimum absolute atomic E-state index is 0.00404. The molecule has 47 heavy (non-hydrogen) atoms. The molecule has 6 rings (SSSR count). The number of alkyl halides is 6. The number of amides is 2. The number of fused-ring (bicyclic) bond motifs is 1. The lowest BCUT2D eigenvalue weighted by molar-refractivity contribution is -0.185. The average molecular weight is 686 g/mol. The monoisotopic (exact) mass is 685 g/mol. The number of nitrogens with one attached hydrogen (secondary N) is 1. The maximum absolute atomic E-state index is 15.0. The SMILES string of the molecule is Nc1ncnn2c(-c3ccc(Cl)c(C(=O)N[C@@H]4CN(C(=O)C5CCC(F)(F)CC5)C[C@@H]4F)c3)cc(CN3CCC(C(F)(F)F)CC3)c12. The summed E-state index contributed by atoms with van der Waals surface area (Å²) in [6, 6.07) is 5.46. The van der Waals surface area contributed by atoms with E-state index in [-0.39, 0.29) is 87.0 Å². The Bertz CT molecular complexity index is 1650. The van der Waals surface area contributed by atoms with Crippen LogP contribution in [0.1, 0.15) is 54.4 Å². The van der Waals surface area contributed by atoms with Gasteiger partial charge in [0.25, 0.3) is 5.91 Å². The molecule has 2 saturated heterocycles. The molecule has 16 heteroatoms. The third-order valence-corrected chi connectivity index (χ3v) is 9.89. The standard InChI is InChI=1S/C31H34ClF6N7O2/c32-22-2-1-18(11-21(22)28(46)42-24-15-44(14-23(24)33)29(47)17-3-7-30(34,35)8-4-17)25-12-19(26-27(39)40-16-41-45(25)26)13-43-9-5-20(6-10-43)31(36,37)38/h1-2,11-12,16-17,20,23-24H,3-10,13-15H2,(H,42,46)(H2,39,40,41)/t23-,24+/m0/s1. The molecule has 2 aromatic heterocycles. The van der Waals surface area contributed by atoms with Gasteiger partial charge in [-0.05, 0) is 62.5 Å². The van der Waals surface area contributed by atoms with Crippen LogP contribution in [-0.2, 0) is 11.3 Å². The molecule has 2 amide bonds. The van der Waals surface area contributed by atoms with Crippen molar-refractivity contribution in [2.45, 2.75) is 69.4 Å². The summed E-state index contributed by atoms with van der Waals surface area (Å²) >= 11 is 6.41. The van der Waals surface area contributed by atoms with Crippen LogP contribution < -0.4 is 11.1 Å². The fraction of sp³-hybridized carbons (Fsp3) is 0.548. The molecule has 1 aliphatic carbocycles. The maximum Gasteiger partial charge on any atom is 0.391 e. The van der Waals surface area contributed by atoms with Crippen molar-refractivity contribution in [1.82, 2.24) is 29.7 Å². The lowest BCUT2D eigenvalue weighted by Gasteiger charge is -2.32. The van der Waals surface area contributed by atoms with Crippen molar-refractivity contribution < 1.29 is 35.9 Å². The van der Waals surface area contributed by atoms with Gasteiger partial charge in [0.15, 0.2) is 5.82 Å². The molecule has 9 nitrogen and oxygen atoms in total. The number of nitrogens with two attached hydrogens (primary N) is 1. The normalized spacial score (nSPS) is 23.0. The molecule has 1 saturated carbocycles. The van der Waals surface area contributed by atoms with Gasteiger partial charge in [-0.1, -0.05) is 17.7 Å². The number of nitrogen functional groups attached to an aromatic ring is 1. The Kier molecular flexibility index (Phi) is 9.07. The first kappa shape index (κ1) is 33.3. The van der Waals surface area contributed by atoms with E-state index in [1.54, 1.807) is 16.6 Å². The van der Waals surface area contributed by atoms with E-state index < -0.39 is 42.1 Å². The first-order valence-electron chi connectivity index (χ1n) is 15.5. The molecule has 3 N–H and O–H groups in total. The van der Waals surface area contributed by atoms with E-state index in [1.165, 1.54) is 23.4 Å². The number of carbonyl (C=O) groups is 2. The van der Waals surface area contributed by atoms with Crippen LogP contribution in [0.2, 0.25) is 5.02 Å². The first-order chi connectivity index (χ1) is 22.2. The Hall–Kier alpha value is -3.59. The van der Waals surface area contributed by atoms with Crippen molar-refractivity contribution in [1.29, 1.82) is 0 Å². The largest absolute Gasteiger partial charge is 0.391 e. The Labute approximate surface area is 271 Å². The number of carbonyl (C=O) groups excluding carboxylic acids is 2. The molecular weight excluding hydrogens is 652 g/mol. The predicted octanol–water partition coefficient (Wildman–Crippen LogP) is 5.51. The highest BCUT2D eigenvalue weighted by Crippen LogP contribution is 2.38. The summed E-state index contributed by atoms with van der Waals surface area (Å²) in [5.74, 6) is -5.61. The molecule has 3 aliphatic rings. The second-order valence-corrected chi connectivity index (χ2v) is 13.1. The first-order valence-corrected chi connectivity index (χ1v) is 15.9.